The van der Waals surface area contributed by atoms with E-state index in [0.717, 1.165) is 11.8 Å². The van der Waals surface area contributed by atoms with Crippen molar-refractivity contribution in [3.8, 4) is 0 Å². The highest BCUT2D eigenvalue weighted by Crippen LogP contribution is 2.36. The van der Waals surface area contributed by atoms with Crippen LogP contribution >= 0.6 is 69.8 Å². The standard InChI is InChI=1S/C14H16Cl5N3O6S/c15-9(11(17)18)10(16)12(19)29-4-6(13(26)21-3-8(24)25)22-7(23)2-1-5(20)14(27)28/h5-6H,1-4,20H2,(H,21,26)(H,22,23)(H,24,25)(H,27,28)/b12-10-. The predicted octanol–water partition coefficient (Wildman–Crippen LogP) is 2.13. The fourth-order valence-electron chi connectivity index (χ4n) is 1.53. The van der Waals surface area contributed by atoms with Gasteiger partial charge in [0, 0.05) is 12.2 Å². The minimum absolute atomic E-state index is 0.0892. The first-order valence-electron chi connectivity index (χ1n) is 7.53. The third kappa shape index (κ3) is 11.8. The Kier molecular flexibility index (Phi) is 13.8. The van der Waals surface area contributed by atoms with Gasteiger partial charge in [-0.1, -0.05) is 58.0 Å². The van der Waals surface area contributed by atoms with E-state index < -0.39 is 42.4 Å². The summed E-state index contributed by atoms with van der Waals surface area (Å²) >= 11 is 29.4. The fourth-order valence-corrected chi connectivity index (χ4v) is 3.34. The maximum atomic E-state index is 12.2. The van der Waals surface area contributed by atoms with Crippen LogP contribution in [0.3, 0.4) is 0 Å². The molecule has 2 unspecified atom stereocenters. The average Bonchev–Trinajstić information content (AvgIpc) is 2.65. The lowest BCUT2D eigenvalue weighted by Gasteiger charge is -2.18. The third-order valence-corrected chi connectivity index (χ3v) is 6.08. The van der Waals surface area contributed by atoms with Crippen LogP contribution in [0.25, 0.3) is 0 Å². The van der Waals surface area contributed by atoms with Crippen LogP contribution in [-0.2, 0) is 19.2 Å². The first kappa shape index (κ1) is 28.1. The minimum atomic E-state index is -1.29. The second-order valence-electron chi connectivity index (χ2n) is 5.19. The van der Waals surface area contributed by atoms with E-state index in [1.807, 2.05) is 0 Å². The number of amides is 2. The number of carboxylic acid groups (broad SMARTS) is 2. The van der Waals surface area contributed by atoms with Gasteiger partial charge in [0.2, 0.25) is 11.8 Å². The zero-order valence-corrected chi connectivity index (χ0v) is 19.0. The number of carboxylic acids is 2. The number of hydrogen-bond donors (Lipinski definition) is 5. The van der Waals surface area contributed by atoms with Crippen LogP contribution in [0.5, 0.6) is 0 Å². The maximum absolute atomic E-state index is 12.2. The van der Waals surface area contributed by atoms with E-state index in [0.29, 0.717) is 0 Å². The lowest BCUT2D eigenvalue weighted by molar-refractivity contribution is -0.139. The molecule has 0 aromatic carbocycles. The first-order chi connectivity index (χ1) is 13.4. The molecule has 0 aliphatic carbocycles. The molecule has 0 aromatic heterocycles. The molecule has 0 aliphatic rings. The summed E-state index contributed by atoms with van der Waals surface area (Å²) in [5.74, 6) is -4.22. The number of halogens is 5. The van der Waals surface area contributed by atoms with Gasteiger partial charge in [-0.2, -0.15) is 0 Å². The molecule has 0 radical (unpaired) electrons. The number of carbonyl (C=O) groups excluding carboxylic acids is 2. The van der Waals surface area contributed by atoms with Gasteiger partial charge >= 0.3 is 11.9 Å². The summed E-state index contributed by atoms with van der Waals surface area (Å²) in [4.78, 5) is 45.5. The summed E-state index contributed by atoms with van der Waals surface area (Å²) in [6, 6.07) is -2.47. The summed E-state index contributed by atoms with van der Waals surface area (Å²) in [5, 5.41) is 21.4. The molecular weight excluding hydrogens is 516 g/mol. The van der Waals surface area contributed by atoms with Crippen LogP contribution < -0.4 is 16.4 Å². The Bertz CT molecular complexity index is 714. The Labute approximate surface area is 194 Å². The molecule has 9 nitrogen and oxygen atoms in total. The quantitative estimate of drug-likeness (QED) is 0.240. The Morgan fingerprint density at radius 2 is 1.59 bits per heavy atom. The van der Waals surface area contributed by atoms with E-state index in [4.69, 9.17) is 74.0 Å². The molecule has 0 fully saturated rings. The molecule has 0 aromatic rings. The number of nitrogens with two attached hydrogens (primary N) is 1. The largest absolute Gasteiger partial charge is 0.480 e. The van der Waals surface area contributed by atoms with Gasteiger partial charge in [0.1, 0.15) is 23.1 Å². The normalized spacial score (nSPS) is 13.6. The topological polar surface area (TPSA) is 159 Å². The molecule has 0 bridgehead atoms. The van der Waals surface area contributed by atoms with Gasteiger partial charge in [-0.3, -0.25) is 19.2 Å². The molecule has 0 saturated carbocycles. The lowest BCUT2D eigenvalue weighted by Crippen LogP contribution is -2.49. The summed E-state index contributed by atoms with van der Waals surface area (Å²) in [7, 11) is 0. The van der Waals surface area contributed by atoms with E-state index in [9.17, 15) is 19.2 Å². The van der Waals surface area contributed by atoms with Gasteiger partial charge in [-0.25, -0.2) is 0 Å². The second-order valence-corrected chi connectivity index (χ2v) is 8.53. The molecule has 29 heavy (non-hydrogen) atoms. The maximum Gasteiger partial charge on any atom is 0.322 e. The number of nitrogens with one attached hydrogen (secondary N) is 2. The summed E-state index contributed by atoms with van der Waals surface area (Å²) < 4.78 is -0.428. The Balaban J connectivity index is 5.15. The highest BCUT2D eigenvalue weighted by molar-refractivity contribution is 8.04. The Morgan fingerprint density at radius 1 is 1.00 bits per heavy atom. The molecule has 0 saturated heterocycles. The number of thioether (sulfide) groups is 1. The van der Waals surface area contributed by atoms with E-state index in [2.05, 4.69) is 10.6 Å². The molecule has 0 heterocycles. The first-order valence-corrected chi connectivity index (χ1v) is 10.4. The molecule has 0 aliphatic heterocycles. The molecule has 2 atom stereocenters. The van der Waals surface area contributed by atoms with Gasteiger partial charge in [-0.05, 0) is 6.42 Å². The smallest absolute Gasteiger partial charge is 0.322 e. The van der Waals surface area contributed by atoms with Crippen molar-refractivity contribution < 1.29 is 29.4 Å². The van der Waals surface area contributed by atoms with Crippen LogP contribution in [0.15, 0.2) is 18.9 Å². The van der Waals surface area contributed by atoms with Crippen LogP contribution in [-0.4, -0.2) is 58.3 Å². The van der Waals surface area contributed by atoms with Crippen molar-refractivity contribution in [1.29, 1.82) is 0 Å². The molecule has 15 heteroatoms. The van der Waals surface area contributed by atoms with E-state index in [1.54, 1.807) is 0 Å². The van der Waals surface area contributed by atoms with Gasteiger partial charge in [0.05, 0.1) is 14.4 Å². The van der Waals surface area contributed by atoms with Crippen LogP contribution in [0.4, 0.5) is 0 Å². The second kappa shape index (κ2) is 14.2. The zero-order valence-electron chi connectivity index (χ0n) is 14.4. The summed E-state index contributed by atoms with van der Waals surface area (Å²) in [6.45, 7) is -0.680. The number of carbonyl (C=O) groups is 4. The molecule has 6 N–H and O–H groups in total. The molecule has 0 spiro atoms. The van der Waals surface area contributed by atoms with Crippen molar-refractivity contribution >= 4 is 93.5 Å². The summed E-state index contributed by atoms with van der Waals surface area (Å²) in [5.41, 5.74) is 5.32. The van der Waals surface area contributed by atoms with E-state index >= 15 is 0 Å². The van der Waals surface area contributed by atoms with Gasteiger partial charge in [0.15, 0.2) is 0 Å². The monoisotopic (exact) mass is 529 g/mol. The number of aliphatic carboxylic acids is 2. The summed E-state index contributed by atoms with van der Waals surface area (Å²) in [6.07, 6.45) is -0.444. The van der Waals surface area contributed by atoms with Crippen molar-refractivity contribution in [3.63, 3.8) is 0 Å². The van der Waals surface area contributed by atoms with E-state index in [1.165, 1.54) is 0 Å². The zero-order chi connectivity index (χ0) is 22.7. The predicted molar refractivity (Wildman–Crippen MR) is 113 cm³/mol. The SMILES string of the molecule is NC(CCC(=O)NC(CS/C(Cl)=C(\Cl)C(Cl)=C(Cl)Cl)C(=O)NCC(=O)O)C(=O)O. The molecule has 0 rings (SSSR count). The Hall–Kier alpha value is -0.880. The van der Waals surface area contributed by atoms with Gasteiger partial charge in [-0.15, -0.1) is 11.8 Å². The third-order valence-electron chi connectivity index (χ3n) is 2.97. The number of rotatable bonds is 12. The van der Waals surface area contributed by atoms with Gasteiger partial charge in [0.25, 0.3) is 0 Å². The molecular formula is C14H16Cl5N3O6S. The van der Waals surface area contributed by atoms with Crippen LogP contribution in [0.1, 0.15) is 12.8 Å². The van der Waals surface area contributed by atoms with Crippen molar-refractivity contribution in [2.24, 2.45) is 5.73 Å². The molecule has 164 valence electrons. The van der Waals surface area contributed by atoms with Crippen molar-refractivity contribution in [3.05, 3.63) is 18.9 Å². The number of allylic oxidation sites excluding steroid dienone is 2. The molecule has 2 amide bonds. The van der Waals surface area contributed by atoms with Crippen LogP contribution in [0.2, 0.25) is 0 Å². The van der Waals surface area contributed by atoms with Crippen molar-refractivity contribution in [2.45, 2.75) is 24.9 Å². The highest BCUT2D eigenvalue weighted by Gasteiger charge is 2.23. The van der Waals surface area contributed by atoms with Gasteiger partial charge < -0.3 is 26.6 Å². The Morgan fingerprint density at radius 3 is 2.07 bits per heavy atom. The average molecular weight is 532 g/mol. The fraction of sp³-hybridized carbons (Fsp3) is 0.429. The van der Waals surface area contributed by atoms with Crippen molar-refractivity contribution in [1.82, 2.24) is 10.6 Å². The minimum Gasteiger partial charge on any atom is -0.480 e. The van der Waals surface area contributed by atoms with Crippen LogP contribution in [0, 0.1) is 0 Å². The lowest BCUT2D eigenvalue weighted by atomic mass is 10.1. The van der Waals surface area contributed by atoms with Crippen molar-refractivity contribution in [2.75, 3.05) is 12.3 Å². The van der Waals surface area contributed by atoms with E-state index in [-0.39, 0.29) is 37.5 Å². The number of hydrogen-bond acceptors (Lipinski definition) is 6. The highest BCUT2D eigenvalue weighted by atomic mass is 35.5.